The van der Waals surface area contributed by atoms with E-state index in [0.29, 0.717) is 11.9 Å². The van der Waals surface area contributed by atoms with E-state index >= 15 is 0 Å². The maximum absolute atomic E-state index is 13.0. The van der Waals surface area contributed by atoms with Gasteiger partial charge in [0.2, 0.25) is 5.91 Å². The zero-order valence-electron chi connectivity index (χ0n) is 16.3. The highest BCUT2D eigenvalue weighted by Gasteiger charge is 2.38. The summed E-state index contributed by atoms with van der Waals surface area (Å²) in [7, 11) is 0. The van der Waals surface area contributed by atoms with E-state index < -0.39 is 0 Å². The molecule has 142 valence electrons. The lowest BCUT2D eigenvalue weighted by Crippen LogP contribution is -2.48. The Morgan fingerprint density at radius 2 is 1.74 bits per heavy atom. The summed E-state index contributed by atoms with van der Waals surface area (Å²) in [5.41, 5.74) is 3.72. The van der Waals surface area contributed by atoms with Crippen LogP contribution in [-0.2, 0) is 11.2 Å². The molecule has 0 aromatic heterocycles. The predicted molar refractivity (Wildman–Crippen MR) is 111 cm³/mol. The average Bonchev–Trinajstić information content (AvgIpc) is 3.54. The minimum absolute atomic E-state index is 0.265. The summed E-state index contributed by atoms with van der Waals surface area (Å²) < 4.78 is 0. The molecule has 1 heterocycles. The molecular formula is C24H30N2O. The van der Waals surface area contributed by atoms with Crippen molar-refractivity contribution in [3.8, 4) is 0 Å². The SMILES string of the molecule is Cc1cccc(N(C(=O)C2CC2)C2CCN(CCc3ccccc3)CC2)c1. The van der Waals surface area contributed by atoms with Crippen molar-refractivity contribution >= 4 is 11.6 Å². The number of likely N-dealkylation sites (tertiary alicyclic amines) is 1. The Morgan fingerprint density at radius 3 is 2.41 bits per heavy atom. The lowest BCUT2D eigenvalue weighted by atomic mass is 10.0. The second-order valence-electron chi connectivity index (χ2n) is 8.13. The van der Waals surface area contributed by atoms with E-state index in [0.717, 1.165) is 57.4 Å². The van der Waals surface area contributed by atoms with Gasteiger partial charge in [-0.1, -0.05) is 42.5 Å². The van der Waals surface area contributed by atoms with Crippen molar-refractivity contribution in [3.63, 3.8) is 0 Å². The summed E-state index contributed by atoms with van der Waals surface area (Å²) in [6, 6.07) is 19.5. The Morgan fingerprint density at radius 1 is 1.00 bits per heavy atom. The molecule has 2 aromatic rings. The minimum atomic E-state index is 0.265. The lowest BCUT2D eigenvalue weighted by molar-refractivity contribution is -0.120. The summed E-state index contributed by atoms with van der Waals surface area (Å²) in [5, 5.41) is 0. The van der Waals surface area contributed by atoms with Crippen LogP contribution in [0.15, 0.2) is 54.6 Å². The standard InChI is InChI=1S/C24H30N2O/c1-19-6-5-9-23(18-19)26(24(27)21-10-11-21)22-13-16-25(17-14-22)15-12-20-7-3-2-4-8-20/h2-9,18,21-22H,10-17H2,1H3. The van der Waals surface area contributed by atoms with Gasteiger partial charge >= 0.3 is 0 Å². The average molecular weight is 363 g/mol. The second-order valence-corrected chi connectivity index (χ2v) is 8.13. The largest absolute Gasteiger partial charge is 0.309 e. The van der Waals surface area contributed by atoms with Crippen LogP contribution in [0.3, 0.4) is 0 Å². The summed E-state index contributed by atoms with van der Waals surface area (Å²) in [6.45, 7) is 5.38. The molecule has 27 heavy (non-hydrogen) atoms. The van der Waals surface area contributed by atoms with Crippen LogP contribution in [-0.4, -0.2) is 36.5 Å². The van der Waals surface area contributed by atoms with Gasteiger partial charge in [0.1, 0.15) is 0 Å². The van der Waals surface area contributed by atoms with Gasteiger partial charge < -0.3 is 9.80 Å². The Balaban J connectivity index is 1.38. The molecular weight excluding hydrogens is 332 g/mol. The highest BCUT2D eigenvalue weighted by molar-refractivity contribution is 5.97. The van der Waals surface area contributed by atoms with E-state index in [-0.39, 0.29) is 5.92 Å². The van der Waals surface area contributed by atoms with Crippen LogP contribution in [0, 0.1) is 12.8 Å². The van der Waals surface area contributed by atoms with Crippen LogP contribution >= 0.6 is 0 Å². The summed E-state index contributed by atoms with van der Waals surface area (Å²) >= 11 is 0. The Hall–Kier alpha value is -2.13. The zero-order valence-corrected chi connectivity index (χ0v) is 16.3. The molecule has 0 unspecified atom stereocenters. The highest BCUT2D eigenvalue weighted by atomic mass is 16.2. The molecule has 1 saturated heterocycles. The molecule has 2 fully saturated rings. The lowest BCUT2D eigenvalue weighted by Gasteiger charge is -2.39. The first-order valence-electron chi connectivity index (χ1n) is 10.4. The molecule has 1 saturated carbocycles. The maximum atomic E-state index is 13.0. The van der Waals surface area contributed by atoms with Crippen LogP contribution in [0.25, 0.3) is 0 Å². The van der Waals surface area contributed by atoms with Gasteiger partial charge in [0.05, 0.1) is 0 Å². The topological polar surface area (TPSA) is 23.6 Å². The number of hydrogen-bond acceptors (Lipinski definition) is 2. The molecule has 1 amide bonds. The molecule has 3 heteroatoms. The number of carbonyl (C=O) groups excluding carboxylic acids is 1. The number of carbonyl (C=O) groups is 1. The quantitative estimate of drug-likeness (QED) is 0.758. The Bertz CT molecular complexity index is 761. The third-order valence-electron chi connectivity index (χ3n) is 5.93. The molecule has 4 rings (SSSR count). The number of anilines is 1. The normalized spacial score (nSPS) is 18.4. The third-order valence-corrected chi connectivity index (χ3v) is 5.93. The molecule has 1 aliphatic carbocycles. The van der Waals surface area contributed by atoms with E-state index in [9.17, 15) is 4.79 Å². The third kappa shape index (κ3) is 4.59. The second kappa shape index (κ2) is 8.26. The van der Waals surface area contributed by atoms with Crippen molar-refractivity contribution in [2.75, 3.05) is 24.5 Å². The molecule has 0 bridgehead atoms. The van der Waals surface area contributed by atoms with Crippen LogP contribution in [0.1, 0.15) is 36.8 Å². The van der Waals surface area contributed by atoms with Gasteiger partial charge in [-0.05, 0) is 62.3 Å². The van der Waals surface area contributed by atoms with Gasteiger partial charge in [-0.2, -0.15) is 0 Å². The number of nitrogens with zero attached hydrogens (tertiary/aromatic N) is 2. The van der Waals surface area contributed by atoms with Gasteiger partial charge in [0.15, 0.2) is 0 Å². The molecule has 0 radical (unpaired) electrons. The van der Waals surface area contributed by atoms with Crippen LogP contribution in [0.2, 0.25) is 0 Å². The van der Waals surface area contributed by atoms with E-state index in [1.807, 2.05) is 0 Å². The summed E-state index contributed by atoms with van der Waals surface area (Å²) in [5.74, 6) is 0.616. The summed E-state index contributed by atoms with van der Waals surface area (Å²) in [4.78, 5) is 17.7. The number of piperidine rings is 1. The predicted octanol–water partition coefficient (Wildman–Crippen LogP) is 4.45. The molecule has 2 aromatic carbocycles. The smallest absolute Gasteiger partial charge is 0.230 e. The van der Waals surface area contributed by atoms with Crippen LogP contribution in [0.4, 0.5) is 5.69 Å². The summed E-state index contributed by atoms with van der Waals surface area (Å²) in [6.07, 6.45) is 5.38. The van der Waals surface area contributed by atoms with Gasteiger partial charge in [-0.25, -0.2) is 0 Å². The van der Waals surface area contributed by atoms with Gasteiger partial charge in [0, 0.05) is 37.3 Å². The zero-order chi connectivity index (χ0) is 18.6. The van der Waals surface area contributed by atoms with E-state index in [4.69, 9.17) is 0 Å². The number of rotatable bonds is 6. The van der Waals surface area contributed by atoms with Crippen LogP contribution < -0.4 is 4.90 Å². The first-order chi connectivity index (χ1) is 13.2. The number of amides is 1. The molecule has 3 nitrogen and oxygen atoms in total. The van der Waals surface area contributed by atoms with Crippen molar-refractivity contribution in [2.45, 2.75) is 45.1 Å². The fourth-order valence-electron chi connectivity index (χ4n) is 4.16. The van der Waals surface area contributed by atoms with E-state index in [2.05, 4.69) is 71.3 Å². The van der Waals surface area contributed by atoms with Crippen molar-refractivity contribution in [1.82, 2.24) is 4.90 Å². The molecule has 0 spiro atoms. The first-order valence-corrected chi connectivity index (χ1v) is 10.4. The number of benzene rings is 2. The fraction of sp³-hybridized carbons (Fsp3) is 0.458. The number of aryl methyl sites for hydroxylation is 1. The van der Waals surface area contributed by atoms with Gasteiger partial charge in [0.25, 0.3) is 0 Å². The Kier molecular flexibility index (Phi) is 5.58. The van der Waals surface area contributed by atoms with E-state index in [1.165, 1.54) is 11.1 Å². The van der Waals surface area contributed by atoms with Crippen LogP contribution in [0.5, 0.6) is 0 Å². The highest BCUT2D eigenvalue weighted by Crippen LogP contribution is 2.35. The van der Waals surface area contributed by atoms with Gasteiger partial charge in [-0.15, -0.1) is 0 Å². The number of hydrogen-bond donors (Lipinski definition) is 0. The minimum Gasteiger partial charge on any atom is -0.309 e. The fourth-order valence-corrected chi connectivity index (χ4v) is 4.16. The van der Waals surface area contributed by atoms with Crippen molar-refractivity contribution in [1.29, 1.82) is 0 Å². The van der Waals surface area contributed by atoms with Crippen molar-refractivity contribution in [2.24, 2.45) is 5.92 Å². The Labute approximate surface area is 163 Å². The van der Waals surface area contributed by atoms with E-state index in [1.54, 1.807) is 0 Å². The molecule has 0 N–H and O–H groups in total. The monoisotopic (exact) mass is 362 g/mol. The van der Waals surface area contributed by atoms with Crippen molar-refractivity contribution < 1.29 is 4.79 Å². The molecule has 1 aliphatic heterocycles. The van der Waals surface area contributed by atoms with Crippen molar-refractivity contribution in [3.05, 3.63) is 65.7 Å². The first kappa shape index (κ1) is 18.2. The molecule has 2 aliphatic rings. The van der Waals surface area contributed by atoms with Gasteiger partial charge in [-0.3, -0.25) is 4.79 Å². The molecule has 0 atom stereocenters. The maximum Gasteiger partial charge on any atom is 0.230 e.